The number of rotatable bonds is 10. The van der Waals surface area contributed by atoms with Gasteiger partial charge in [-0.25, -0.2) is 0 Å². The van der Waals surface area contributed by atoms with Crippen LogP contribution in [0.1, 0.15) is 33.1 Å². The molecule has 20 heavy (non-hydrogen) atoms. The van der Waals surface area contributed by atoms with Gasteiger partial charge in [-0.05, 0) is 33.5 Å². The van der Waals surface area contributed by atoms with Crippen LogP contribution < -0.4 is 5.32 Å². The molecule has 0 saturated carbocycles. The van der Waals surface area contributed by atoms with Gasteiger partial charge in [0, 0.05) is 51.9 Å². The molecule has 0 aliphatic carbocycles. The quantitative estimate of drug-likeness (QED) is 0.611. The molecule has 4 nitrogen and oxygen atoms in total. The molecule has 1 aliphatic rings. The monoisotopic (exact) mass is 284 g/mol. The maximum atomic E-state index is 3.61. The zero-order valence-corrected chi connectivity index (χ0v) is 14.2. The molecule has 1 saturated heterocycles. The van der Waals surface area contributed by atoms with Gasteiger partial charge in [-0.15, -0.1) is 0 Å². The van der Waals surface area contributed by atoms with Crippen LogP contribution in [0, 0.1) is 0 Å². The van der Waals surface area contributed by atoms with Crippen LogP contribution in [0.2, 0.25) is 0 Å². The summed E-state index contributed by atoms with van der Waals surface area (Å²) in [6.45, 7) is 14.2. The van der Waals surface area contributed by atoms with Crippen molar-refractivity contribution in [2.45, 2.75) is 39.2 Å². The molecule has 1 heterocycles. The molecule has 120 valence electrons. The van der Waals surface area contributed by atoms with Gasteiger partial charge in [-0.2, -0.15) is 0 Å². The van der Waals surface area contributed by atoms with E-state index in [0.717, 1.165) is 12.6 Å². The maximum absolute atomic E-state index is 3.61. The molecule has 1 rings (SSSR count). The van der Waals surface area contributed by atoms with E-state index >= 15 is 0 Å². The number of piperazine rings is 1. The van der Waals surface area contributed by atoms with Crippen LogP contribution in [0.15, 0.2) is 0 Å². The molecule has 1 N–H and O–H groups in total. The molecular formula is C16H36N4. The first-order chi connectivity index (χ1) is 9.67. The summed E-state index contributed by atoms with van der Waals surface area (Å²) in [6.07, 6.45) is 3.85. The molecule has 1 unspecified atom stereocenters. The standard InChI is InChI=1S/C16H36N4/c1-5-7-16(15-17-8-6-2)20-13-11-19(12-14-20)10-9-18(3)4/h16-17H,5-15H2,1-4H3. The lowest BCUT2D eigenvalue weighted by Crippen LogP contribution is -2.53. The van der Waals surface area contributed by atoms with E-state index in [1.807, 2.05) is 0 Å². The Bertz CT molecular complexity index is 225. The van der Waals surface area contributed by atoms with Crippen molar-refractivity contribution in [1.82, 2.24) is 20.0 Å². The zero-order chi connectivity index (χ0) is 14.8. The highest BCUT2D eigenvalue weighted by molar-refractivity contribution is 4.80. The summed E-state index contributed by atoms with van der Waals surface area (Å²) >= 11 is 0. The summed E-state index contributed by atoms with van der Waals surface area (Å²) in [5.74, 6) is 0. The molecule has 0 spiro atoms. The first kappa shape index (κ1) is 17.9. The predicted molar refractivity (Wildman–Crippen MR) is 88.4 cm³/mol. The Kier molecular flexibility index (Phi) is 9.44. The first-order valence-corrected chi connectivity index (χ1v) is 8.49. The second-order valence-corrected chi connectivity index (χ2v) is 6.33. The molecule has 0 aromatic heterocycles. The predicted octanol–water partition coefficient (Wildman–Crippen LogP) is 1.33. The number of likely N-dealkylation sites (N-methyl/N-ethyl adjacent to an activating group) is 1. The van der Waals surface area contributed by atoms with Crippen LogP contribution in [0.3, 0.4) is 0 Å². The number of hydrogen-bond acceptors (Lipinski definition) is 4. The Hall–Kier alpha value is -0.160. The fourth-order valence-corrected chi connectivity index (χ4v) is 2.89. The van der Waals surface area contributed by atoms with Gasteiger partial charge >= 0.3 is 0 Å². The van der Waals surface area contributed by atoms with E-state index in [9.17, 15) is 0 Å². The lowest BCUT2D eigenvalue weighted by atomic mass is 10.1. The highest BCUT2D eigenvalue weighted by Crippen LogP contribution is 2.10. The Morgan fingerprint density at radius 2 is 1.75 bits per heavy atom. The highest BCUT2D eigenvalue weighted by Gasteiger charge is 2.22. The van der Waals surface area contributed by atoms with E-state index in [-0.39, 0.29) is 0 Å². The summed E-state index contributed by atoms with van der Waals surface area (Å²) in [7, 11) is 4.32. The Morgan fingerprint density at radius 1 is 1.05 bits per heavy atom. The second kappa shape index (κ2) is 10.6. The maximum Gasteiger partial charge on any atom is 0.0221 e. The molecule has 0 aromatic rings. The number of nitrogens with zero attached hydrogens (tertiary/aromatic N) is 3. The van der Waals surface area contributed by atoms with Gasteiger partial charge in [0.25, 0.3) is 0 Å². The van der Waals surface area contributed by atoms with E-state index in [2.05, 4.69) is 48.0 Å². The third-order valence-corrected chi connectivity index (χ3v) is 4.22. The molecule has 4 heteroatoms. The van der Waals surface area contributed by atoms with Crippen LogP contribution in [0.25, 0.3) is 0 Å². The van der Waals surface area contributed by atoms with Crippen LogP contribution in [-0.2, 0) is 0 Å². The molecule has 1 atom stereocenters. The van der Waals surface area contributed by atoms with Crippen molar-refractivity contribution >= 4 is 0 Å². The normalized spacial score (nSPS) is 19.6. The van der Waals surface area contributed by atoms with Gasteiger partial charge in [-0.3, -0.25) is 9.80 Å². The molecule has 1 aliphatic heterocycles. The minimum Gasteiger partial charge on any atom is -0.315 e. The summed E-state index contributed by atoms with van der Waals surface area (Å²) in [4.78, 5) is 7.60. The average Bonchev–Trinajstić information content (AvgIpc) is 2.45. The minimum absolute atomic E-state index is 0.738. The third kappa shape index (κ3) is 7.02. The van der Waals surface area contributed by atoms with Crippen molar-refractivity contribution in [2.75, 3.05) is 66.5 Å². The van der Waals surface area contributed by atoms with Gasteiger partial charge < -0.3 is 10.2 Å². The molecule has 0 bridgehead atoms. The lowest BCUT2D eigenvalue weighted by Gasteiger charge is -2.39. The molecular weight excluding hydrogens is 248 g/mol. The Morgan fingerprint density at radius 3 is 2.30 bits per heavy atom. The molecule has 1 fully saturated rings. The zero-order valence-electron chi connectivity index (χ0n) is 14.2. The van der Waals surface area contributed by atoms with Gasteiger partial charge in [-0.1, -0.05) is 20.3 Å². The van der Waals surface area contributed by atoms with Crippen molar-refractivity contribution < 1.29 is 0 Å². The topological polar surface area (TPSA) is 21.8 Å². The van der Waals surface area contributed by atoms with Crippen LogP contribution in [0.5, 0.6) is 0 Å². The van der Waals surface area contributed by atoms with Gasteiger partial charge in [0.2, 0.25) is 0 Å². The van der Waals surface area contributed by atoms with Crippen LogP contribution in [-0.4, -0.2) is 87.2 Å². The molecule has 0 amide bonds. The van der Waals surface area contributed by atoms with Gasteiger partial charge in [0.05, 0.1) is 0 Å². The summed E-state index contributed by atoms with van der Waals surface area (Å²) in [6, 6.07) is 0.738. The molecule has 0 aromatic carbocycles. The van der Waals surface area contributed by atoms with Crippen molar-refractivity contribution in [3.63, 3.8) is 0 Å². The first-order valence-electron chi connectivity index (χ1n) is 8.49. The Labute approximate surface area is 126 Å². The largest absolute Gasteiger partial charge is 0.315 e. The van der Waals surface area contributed by atoms with E-state index in [4.69, 9.17) is 0 Å². The van der Waals surface area contributed by atoms with E-state index in [1.54, 1.807) is 0 Å². The number of nitrogens with one attached hydrogen (secondary N) is 1. The fraction of sp³-hybridized carbons (Fsp3) is 1.00. The minimum atomic E-state index is 0.738. The summed E-state index contributed by atoms with van der Waals surface area (Å²) in [5.41, 5.74) is 0. The highest BCUT2D eigenvalue weighted by atomic mass is 15.3. The SMILES string of the molecule is CCCNCC(CCC)N1CCN(CCN(C)C)CC1. The second-order valence-electron chi connectivity index (χ2n) is 6.33. The Balaban J connectivity index is 2.28. The fourth-order valence-electron chi connectivity index (χ4n) is 2.89. The summed E-state index contributed by atoms with van der Waals surface area (Å²) < 4.78 is 0. The van der Waals surface area contributed by atoms with Crippen molar-refractivity contribution in [2.24, 2.45) is 0 Å². The van der Waals surface area contributed by atoms with E-state index < -0.39 is 0 Å². The smallest absolute Gasteiger partial charge is 0.0221 e. The van der Waals surface area contributed by atoms with Crippen molar-refractivity contribution in [1.29, 1.82) is 0 Å². The van der Waals surface area contributed by atoms with E-state index in [1.165, 1.54) is 65.1 Å². The van der Waals surface area contributed by atoms with Gasteiger partial charge in [0.15, 0.2) is 0 Å². The molecule has 0 radical (unpaired) electrons. The van der Waals surface area contributed by atoms with E-state index in [0.29, 0.717) is 0 Å². The van der Waals surface area contributed by atoms with Crippen molar-refractivity contribution in [3.8, 4) is 0 Å². The summed E-state index contributed by atoms with van der Waals surface area (Å²) in [5, 5.41) is 3.61. The van der Waals surface area contributed by atoms with Crippen molar-refractivity contribution in [3.05, 3.63) is 0 Å². The number of hydrogen-bond donors (Lipinski definition) is 1. The van der Waals surface area contributed by atoms with Gasteiger partial charge in [0.1, 0.15) is 0 Å². The van der Waals surface area contributed by atoms with Crippen LogP contribution >= 0.6 is 0 Å². The third-order valence-electron chi connectivity index (χ3n) is 4.22. The van der Waals surface area contributed by atoms with Crippen LogP contribution in [0.4, 0.5) is 0 Å². The average molecular weight is 284 g/mol. The lowest BCUT2D eigenvalue weighted by molar-refractivity contribution is 0.0871.